The van der Waals surface area contributed by atoms with Crippen LogP contribution in [0.4, 0.5) is 0 Å². The summed E-state index contributed by atoms with van der Waals surface area (Å²) in [6, 6.07) is -0.506. The van der Waals surface area contributed by atoms with Gasteiger partial charge in [-0.15, -0.1) is 0 Å². The second-order valence-electron chi connectivity index (χ2n) is 16.2. The number of aromatic nitrogens is 2. The summed E-state index contributed by atoms with van der Waals surface area (Å²) in [4.78, 5) is 67.8. The van der Waals surface area contributed by atoms with Crippen molar-refractivity contribution in [2.45, 2.75) is 230 Å². The van der Waals surface area contributed by atoms with E-state index in [1.807, 2.05) is 0 Å². The lowest BCUT2D eigenvalue weighted by Gasteiger charge is -2.33. The summed E-state index contributed by atoms with van der Waals surface area (Å²) >= 11 is 0. The Morgan fingerprint density at radius 2 is 1.20 bits per heavy atom. The molecule has 0 saturated carbocycles. The maximum absolute atomic E-state index is 14.1. The lowest BCUT2D eigenvalue weighted by Crippen LogP contribution is -2.63. The van der Waals surface area contributed by atoms with Crippen molar-refractivity contribution < 1.29 is 29.3 Å². The molecule has 1 aliphatic rings. The molecule has 1 unspecified atom stereocenters. The Kier molecular flexibility index (Phi) is 26.1. The maximum atomic E-state index is 14.1. The number of aromatic amines is 1. The van der Waals surface area contributed by atoms with Crippen molar-refractivity contribution in [1.29, 1.82) is 0 Å². The van der Waals surface area contributed by atoms with E-state index >= 15 is 0 Å². The van der Waals surface area contributed by atoms with E-state index in [0.717, 1.165) is 68.2 Å². The maximum Gasteiger partial charge on any atom is 0.330 e. The molecule has 2 rings (SSSR count). The predicted octanol–water partition coefficient (Wildman–Crippen LogP) is 7.46. The van der Waals surface area contributed by atoms with Crippen LogP contribution >= 0.6 is 0 Å². The van der Waals surface area contributed by atoms with Gasteiger partial charge in [-0.1, -0.05) is 174 Å². The zero-order chi connectivity index (χ0) is 41.0. The number of nitrogens with one attached hydrogen (secondary N) is 2. The Balaban J connectivity index is 2.03. The first-order valence-electron chi connectivity index (χ1n) is 22.6. The predicted molar refractivity (Wildman–Crippen MR) is 222 cm³/mol. The summed E-state index contributed by atoms with van der Waals surface area (Å²) < 4.78 is 6.97. The summed E-state index contributed by atoms with van der Waals surface area (Å²) in [7, 11) is 0. The number of carbonyl (C=O) groups is 3. The first kappa shape index (κ1) is 49.5. The third-order valence-electron chi connectivity index (χ3n) is 11.4. The molecule has 1 aromatic heterocycles. The number of ketones is 2. The fourth-order valence-electron chi connectivity index (χ4n) is 7.89. The third kappa shape index (κ3) is 17.9. The number of Topliss-reactive ketones (excluding diaryl/α,β-unsaturated/α-hetero) is 2. The van der Waals surface area contributed by atoms with Crippen LogP contribution in [-0.2, 0) is 19.1 Å². The van der Waals surface area contributed by atoms with Crippen molar-refractivity contribution >= 4 is 17.5 Å². The minimum absolute atomic E-state index is 0.0196. The van der Waals surface area contributed by atoms with Crippen molar-refractivity contribution in [3.8, 4) is 0 Å². The van der Waals surface area contributed by atoms with Crippen molar-refractivity contribution in [2.24, 2.45) is 5.73 Å². The van der Waals surface area contributed by atoms with Crippen molar-refractivity contribution in [3.63, 3.8) is 0 Å². The number of hydrogen-bond donors (Lipinski definition) is 5. The quantitative estimate of drug-likeness (QED) is 0.0434. The van der Waals surface area contributed by atoms with E-state index in [4.69, 9.17) is 10.5 Å². The Morgan fingerprint density at radius 3 is 1.64 bits per heavy atom. The average molecular weight is 791 g/mol. The van der Waals surface area contributed by atoms with Gasteiger partial charge in [0.05, 0.1) is 0 Å². The third-order valence-corrected chi connectivity index (χ3v) is 11.4. The van der Waals surface area contributed by atoms with Crippen LogP contribution in [0, 0.1) is 0 Å². The van der Waals surface area contributed by atoms with Crippen LogP contribution in [0.1, 0.15) is 206 Å². The number of hydrogen-bond acceptors (Lipinski definition) is 9. The molecule has 2 heterocycles. The molecule has 6 N–H and O–H groups in total. The molecule has 1 amide bonds. The number of nitrogens with two attached hydrogens (primary N) is 1. The van der Waals surface area contributed by atoms with Gasteiger partial charge < -0.3 is 26.0 Å². The average Bonchev–Trinajstić information content (AvgIpc) is 3.46. The number of amides is 1. The van der Waals surface area contributed by atoms with Crippen LogP contribution in [0.25, 0.3) is 0 Å². The van der Waals surface area contributed by atoms with Gasteiger partial charge in [0.15, 0.2) is 29.5 Å². The minimum Gasteiger partial charge on any atom is -0.385 e. The van der Waals surface area contributed by atoms with Gasteiger partial charge in [-0.25, -0.2) is 4.79 Å². The standard InChI is InChI=1S/C44H78N4O8/c1-3-5-7-9-11-13-15-17-19-21-23-25-27-29-35(49)39(53)41-44(55,36(50)30-28-26-24-22-20-18-16-14-12-10-8-6-4-2)40(46-37(51)31-33-45)42(56-41)48-34-32-38(52)47-43(48)54/h32,34-35,40-42,49,55H,3-31,33,45H2,1-2H3,(H,46,51)(H,47,52,54)/t35?,40-,41+,42+,44-/m0/s1. The number of aliphatic hydroxyl groups excluding tert-OH is 1. The molecule has 322 valence electrons. The van der Waals surface area contributed by atoms with Gasteiger partial charge in [0.1, 0.15) is 12.1 Å². The van der Waals surface area contributed by atoms with Crippen molar-refractivity contribution in [3.05, 3.63) is 33.1 Å². The summed E-state index contributed by atoms with van der Waals surface area (Å²) in [5, 5.41) is 26.0. The van der Waals surface area contributed by atoms with E-state index in [9.17, 15) is 34.2 Å². The highest BCUT2D eigenvalue weighted by molar-refractivity contribution is 5.99. The van der Waals surface area contributed by atoms with E-state index in [1.54, 1.807) is 0 Å². The highest BCUT2D eigenvalue weighted by Gasteiger charge is 2.64. The number of unbranched alkanes of at least 4 members (excludes halogenated alkanes) is 24. The smallest absolute Gasteiger partial charge is 0.330 e. The SMILES string of the molecule is CCCCCCCCCCCCCCCC(=O)[C@@]1(O)[C@@H](C(=O)C(O)CCCCCCCCCCCCCCC)O[C@@H](n2ccc(=O)[nH]c2=O)[C@@H]1NC(=O)CCN. The first-order valence-corrected chi connectivity index (χ1v) is 22.6. The number of aliphatic hydroxyl groups is 2. The number of ether oxygens (including phenoxy) is 1. The minimum atomic E-state index is -2.59. The second kappa shape index (κ2) is 29.5. The molecular formula is C44H78N4O8. The van der Waals surface area contributed by atoms with Crippen LogP contribution in [0.3, 0.4) is 0 Å². The highest BCUT2D eigenvalue weighted by atomic mass is 16.5. The zero-order valence-corrected chi connectivity index (χ0v) is 35.0. The van der Waals surface area contributed by atoms with Crippen LogP contribution in [0.5, 0.6) is 0 Å². The van der Waals surface area contributed by atoms with Gasteiger partial charge in [0, 0.05) is 31.6 Å². The van der Waals surface area contributed by atoms with E-state index in [2.05, 4.69) is 24.1 Å². The summed E-state index contributed by atoms with van der Waals surface area (Å²) in [5.41, 5.74) is 1.44. The van der Waals surface area contributed by atoms with Gasteiger partial charge >= 0.3 is 5.69 Å². The Labute approximate surface area is 336 Å². The molecule has 1 aromatic rings. The summed E-state index contributed by atoms with van der Waals surface area (Å²) in [6.45, 7) is 4.43. The fraction of sp³-hybridized carbons (Fsp3) is 0.841. The molecule has 1 aliphatic heterocycles. The number of carbonyl (C=O) groups excluding carboxylic acids is 3. The van der Waals surface area contributed by atoms with E-state index in [0.29, 0.717) is 12.8 Å². The normalized spacial score (nSPS) is 20.0. The molecule has 12 heteroatoms. The van der Waals surface area contributed by atoms with E-state index < -0.39 is 58.8 Å². The first-order chi connectivity index (χ1) is 27.1. The number of nitrogens with zero attached hydrogens (tertiary/aromatic N) is 1. The molecule has 1 fully saturated rings. The van der Waals surface area contributed by atoms with Crippen molar-refractivity contribution in [2.75, 3.05) is 6.54 Å². The van der Waals surface area contributed by atoms with Gasteiger partial charge in [0.25, 0.3) is 5.56 Å². The molecule has 12 nitrogen and oxygen atoms in total. The molecule has 0 radical (unpaired) electrons. The molecule has 0 spiro atoms. The monoisotopic (exact) mass is 791 g/mol. The van der Waals surface area contributed by atoms with E-state index in [-0.39, 0.29) is 25.8 Å². The Morgan fingerprint density at radius 1 is 0.750 bits per heavy atom. The molecular weight excluding hydrogens is 713 g/mol. The molecule has 0 aliphatic carbocycles. The van der Waals surface area contributed by atoms with Crippen LogP contribution in [-0.4, -0.2) is 67.6 Å². The highest BCUT2D eigenvalue weighted by Crippen LogP contribution is 2.40. The van der Waals surface area contributed by atoms with Crippen LogP contribution in [0.2, 0.25) is 0 Å². The Hall–Kier alpha value is -2.67. The van der Waals surface area contributed by atoms with Gasteiger partial charge in [-0.3, -0.25) is 28.7 Å². The number of H-pyrrole nitrogens is 1. The van der Waals surface area contributed by atoms with Crippen LogP contribution < -0.4 is 22.3 Å². The molecule has 0 bridgehead atoms. The summed E-state index contributed by atoms with van der Waals surface area (Å²) in [5.74, 6) is -2.22. The molecule has 5 atom stereocenters. The zero-order valence-electron chi connectivity index (χ0n) is 35.0. The van der Waals surface area contributed by atoms with Gasteiger partial charge in [-0.05, 0) is 12.8 Å². The lowest BCUT2D eigenvalue weighted by molar-refractivity contribution is -0.160. The second-order valence-corrected chi connectivity index (χ2v) is 16.2. The lowest BCUT2D eigenvalue weighted by atomic mass is 9.80. The Bertz CT molecular complexity index is 1350. The van der Waals surface area contributed by atoms with Crippen LogP contribution in [0.15, 0.2) is 21.9 Å². The largest absolute Gasteiger partial charge is 0.385 e. The summed E-state index contributed by atoms with van der Waals surface area (Å²) in [6.07, 6.45) is 25.4. The topological polar surface area (TPSA) is 194 Å². The van der Waals surface area contributed by atoms with Gasteiger partial charge in [0.2, 0.25) is 5.91 Å². The molecule has 0 aromatic carbocycles. The van der Waals surface area contributed by atoms with Gasteiger partial charge in [-0.2, -0.15) is 0 Å². The van der Waals surface area contributed by atoms with E-state index in [1.165, 1.54) is 103 Å². The van der Waals surface area contributed by atoms with Crippen molar-refractivity contribution in [1.82, 2.24) is 14.9 Å². The molecule has 56 heavy (non-hydrogen) atoms. The molecule has 1 saturated heterocycles. The fourth-order valence-corrected chi connectivity index (χ4v) is 7.89. The number of rotatable bonds is 35.